The molecule has 0 aliphatic heterocycles. The molecule has 1 aliphatic carbocycles. The molecule has 0 atom stereocenters. The van der Waals surface area contributed by atoms with Gasteiger partial charge in [0, 0.05) is 30.0 Å². The molecule has 118 valence electrons. The summed E-state index contributed by atoms with van der Waals surface area (Å²) in [5, 5.41) is 4.38. The Labute approximate surface area is 135 Å². The maximum Gasteiger partial charge on any atom is 0.230 e. The van der Waals surface area contributed by atoms with Crippen LogP contribution in [0.2, 0.25) is 0 Å². The van der Waals surface area contributed by atoms with Gasteiger partial charge in [-0.15, -0.1) is 0 Å². The minimum absolute atomic E-state index is 0.575. The Morgan fingerprint density at radius 1 is 1.13 bits per heavy atom. The minimum Gasteiger partial charge on any atom is -0.329 e. The predicted molar refractivity (Wildman–Crippen MR) is 92.0 cm³/mol. The van der Waals surface area contributed by atoms with E-state index in [1.165, 1.54) is 31.2 Å². The molecule has 3 aromatic heterocycles. The molecule has 23 heavy (non-hydrogen) atoms. The van der Waals surface area contributed by atoms with Crippen LogP contribution in [0.4, 0.5) is 11.8 Å². The number of pyridine rings is 1. The first-order chi connectivity index (χ1) is 11.2. The molecule has 4 rings (SSSR count). The van der Waals surface area contributed by atoms with Gasteiger partial charge in [-0.05, 0) is 43.9 Å². The van der Waals surface area contributed by atoms with Gasteiger partial charge in [0.05, 0.1) is 0 Å². The van der Waals surface area contributed by atoms with Gasteiger partial charge in [0.15, 0.2) is 0 Å². The number of hydrogen-bond acceptors (Lipinski definition) is 4. The largest absolute Gasteiger partial charge is 0.329 e. The Hall–Kier alpha value is -2.43. The average molecular weight is 307 g/mol. The van der Waals surface area contributed by atoms with Crippen LogP contribution >= 0.6 is 0 Å². The Bertz CT molecular complexity index is 846. The monoisotopic (exact) mass is 307 g/mol. The summed E-state index contributed by atoms with van der Waals surface area (Å²) in [5.41, 5.74) is 3.35. The summed E-state index contributed by atoms with van der Waals surface area (Å²) in [6.07, 6.45) is 11.0. The first-order valence-electron chi connectivity index (χ1n) is 8.25. The molecule has 5 nitrogen and oxygen atoms in total. The molecule has 1 fully saturated rings. The van der Waals surface area contributed by atoms with Gasteiger partial charge in [0.25, 0.3) is 0 Å². The standard InChI is InChI=1S/C18H21N5/c1-12-6-5-9-19-16(12)21-18-20-10-15-13(2)11-23(17(15)22-18)14-7-3-4-8-14/h5-6,9-11,14H,3-4,7-8H2,1-2H3,(H,19,20,21,22). The van der Waals surface area contributed by atoms with Crippen LogP contribution in [0.25, 0.3) is 11.0 Å². The number of anilines is 2. The van der Waals surface area contributed by atoms with Crippen molar-refractivity contribution in [2.75, 3.05) is 5.32 Å². The molecule has 0 spiro atoms. The van der Waals surface area contributed by atoms with Crippen LogP contribution in [0.3, 0.4) is 0 Å². The number of rotatable bonds is 3. The lowest BCUT2D eigenvalue weighted by atomic mass is 10.2. The van der Waals surface area contributed by atoms with Gasteiger partial charge in [-0.3, -0.25) is 0 Å². The van der Waals surface area contributed by atoms with Crippen LogP contribution in [0.5, 0.6) is 0 Å². The first-order valence-corrected chi connectivity index (χ1v) is 8.25. The third kappa shape index (κ3) is 2.56. The van der Waals surface area contributed by atoms with Gasteiger partial charge in [-0.1, -0.05) is 18.9 Å². The number of hydrogen-bond donors (Lipinski definition) is 1. The van der Waals surface area contributed by atoms with Crippen molar-refractivity contribution in [3.05, 3.63) is 41.9 Å². The summed E-state index contributed by atoms with van der Waals surface area (Å²) >= 11 is 0. The van der Waals surface area contributed by atoms with Gasteiger partial charge in [0.1, 0.15) is 11.5 Å². The highest BCUT2D eigenvalue weighted by molar-refractivity contribution is 5.80. The van der Waals surface area contributed by atoms with Crippen molar-refractivity contribution in [2.24, 2.45) is 0 Å². The van der Waals surface area contributed by atoms with Gasteiger partial charge in [-0.2, -0.15) is 4.98 Å². The maximum atomic E-state index is 4.78. The lowest BCUT2D eigenvalue weighted by Gasteiger charge is -2.13. The van der Waals surface area contributed by atoms with Crippen molar-refractivity contribution in [3.8, 4) is 0 Å². The molecule has 1 N–H and O–H groups in total. The summed E-state index contributed by atoms with van der Waals surface area (Å²) in [6, 6.07) is 4.53. The molecular formula is C18H21N5. The topological polar surface area (TPSA) is 55.6 Å². The van der Waals surface area contributed by atoms with E-state index in [0.29, 0.717) is 12.0 Å². The predicted octanol–water partition coefficient (Wildman–Crippen LogP) is 4.30. The Morgan fingerprint density at radius 3 is 2.74 bits per heavy atom. The summed E-state index contributed by atoms with van der Waals surface area (Å²) in [4.78, 5) is 13.6. The SMILES string of the molecule is Cc1cccnc1Nc1ncc2c(C)cn(C3CCCC3)c2n1. The van der Waals surface area contributed by atoms with Crippen LogP contribution in [0.15, 0.2) is 30.7 Å². The molecule has 1 saturated carbocycles. The number of nitrogens with zero attached hydrogens (tertiary/aromatic N) is 4. The Morgan fingerprint density at radius 2 is 1.96 bits per heavy atom. The Balaban J connectivity index is 1.74. The molecule has 3 heterocycles. The van der Waals surface area contributed by atoms with Crippen molar-refractivity contribution < 1.29 is 0 Å². The van der Waals surface area contributed by atoms with Gasteiger partial charge >= 0.3 is 0 Å². The van der Waals surface area contributed by atoms with Crippen molar-refractivity contribution in [1.82, 2.24) is 19.5 Å². The molecule has 0 amide bonds. The number of nitrogens with one attached hydrogen (secondary N) is 1. The normalized spacial score (nSPS) is 15.4. The van der Waals surface area contributed by atoms with Crippen LogP contribution in [0, 0.1) is 13.8 Å². The molecule has 1 aliphatic rings. The first kappa shape index (κ1) is 14.2. The quantitative estimate of drug-likeness (QED) is 0.783. The zero-order chi connectivity index (χ0) is 15.8. The molecule has 5 heteroatoms. The smallest absolute Gasteiger partial charge is 0.230 e. The molecular weight excluding hydrogens is 286 g/mol. The molecule has 0 radical (unpaired) electrons. The average Bonchev–Trinajstić information content (AvgIpc) is 3.18. The summed E-state index contributed by atoms with van der Waals surface area (Å²) < 4.78 is 2.34. The molecule has 0 aromatic carbocycles. The fraction of sp³-hybridized carbons (Fsp3) is 0.389. The van der Waals surface area contributed by atoms with Crippen LogP contribution in [-0.4, -0.2) is 19.5 Å². The second-order valence-corrected chi connectivity index (χ2v) is 6.38. The van der Waals surface area contributed by atoms with Crippen LogP contribution < -0.4 is 5.32 Å². The zero-order valence-corrected chi connectivity index (χ0v) is 13.6. The van der Waals surface area contributed by atoms with Crippen molar-refractivity contribution in [2.45, 2.75) is 45.6 Å². The highest BCUT2D eigenvalue weighted by Crippen LogP contribution is 2.33. The Kier molecular flexibility index (Phi) is 3.48. The molecule has 0 saturated heterocycles. The third-order valence-corrected chi connectivity index (χ3v) is 4.73. The van der Waals surface area contributed by atoms with E-state index in [0.717, 1.165) is 22.4 Å². The lowest BCUT2D eigenvalue weighted by Crippen LogP contribution is -2.06. The fourth-order valence-corrected chi connectivity index (χ4v) is 3.43. The number of aromatic nitrogens is 4. The zero-order valence-electron chi connectivity index (χ0n) is 13.6. The molecule has 0 unspecified atom stereocenters. The van der Waals surface area contributed by atoms with Crippen LogP contribution in [-0.2, 0) is 0 Å². The number of aryl methyl sites for hydroxylation is 2. The van der Waals surface area contributed by atoms with Crippen molar-refractivity contribution in [1.29, 1.82) is 0 Å². The summed E-state index contributed by atoms with van der Waals surface area (Å²) in [6.45, 7) is 4.16. The van der Waals surface area contributed by atoms with E-state index in [1.54, 1.807) is 6.20 Å². The van der Waals surface area contributed by atoms with Gasteiger partial charge in [0.2, 0.25) is 5.95 Å². The lowest BCUT2D eigenvalue weighted by molar-refractivity contribution is 0.532. The third-order valence-electron chi connectivity index (χ3n) is 4.73. The van der Waals surface area contributed by atoms with E-state index in [9.17, 15) is 0 Å². The van der Waals surface area contributed by atoms with E-state index in [2.05, 4.69) is 33.0 Å². The van der Waals surface area contributed by atoms with Gasteiger partial charge < -0.3 is 9.88 Å². The van der Waals surface area contributed by atoms with E-state index < -0.39 is 0 Å². The fourth-order valence-electron chi connectivity index (χ4n) is 3.43. The summed E-state index contributed by atoms with van der Waals surface area (Å²) in [7, 11) is 0. The minimum atomic E-state index is 0.575. The highest BCUT2D eigenvalue weighted by atomic mass is 15.2. The van der Waals surface area contributed by atoms with E-state index >= 15 is 0 Å². The van der Waals surface area contributed by atoms with E-state index in [4.69, 9.17) is 4.98 Å². The van der Waals surface area contributed by atoms with Gasteiger partial charge in [-0.25, -0.2) is 9.97 Å². The van der Waals surface area contributed by atoms with E-state index in [1.807, 2.05) is 25.3 Å². The summed E-state index contributed by atoms with van der Waals surface area (Å²) in [5.74, 6) is 1.42. The molecule has 3 aromatic rings. The second kappa shape index (κ2) is 5.65. The van der Waals surface area contributed by atoms with Crippen molar-refractivity contribution in [3.63, 3.8) is 0 Å². The van der Waals surface area contributed by atoms with Crippen LogP contribution in [0.1, 0.15) is 42.9 Å². The maximum absolute atomic E-state index is 4.78. The van der Waals surface area contributed by atoms with E-state index in [-0.39, 0.29) is 0 Å². The number of fused-ring (bicyclic) bond motifs is 1. The second-order valence-electron chi connectivity index (χ2n) is 6.38. The van der Waals surface area contributed by atoms with Crippen molar-refractivity contribution >= 4 is 22.8 Å². The molecule has 0 bridgehead atoms. The highest BCUT2D eigenvalue weighted by Gasteiger charge is 2.20.